The molecule has 0 spiro atoms. The van der Waals surface area contributed by atoms with Gasteiger partial charge in [-0.05, 0) is 0 Å². The topological polar surface area (TPSA) is 94.8 Å². The first-order chi connectivity index (χ1) is 6.67. The summed E-state index contributed by atoms with van der Waals surface area (Å²) in [6.07, 6.45) is -0.593. The zero-order valence-corrected chi connectivity index (χ0v) is 9.23. The van der Waals surface area contributed by atoms with E-state index in [1.807, 2.05) is 0 Å². The highest BCUT2D eigenvalue weighted by atomic mass is 16.4. The second-order valence-corrected chi connectivity index (χ2v) is 4.39. The Morgan fingerprint density at radius 2 is 1.67 bits per heavy atom. The number of aliphatic hydroxyl groups excluding tert-OH is 1. The molecule has 0 aromatic carbocycles. The van der Waals surface area contributed by atoms with Gasteiger partial charge in [0.05, 0.1) is 21.1 Å². The third-order valence-corrected chi connectivity index (χ3v) is 2.65. The van der Waals surface area contributed by atoms with Crippen molar-refractivity contribution in [2.45, 2.75) is 18.4 Å². The van der Waals surface area contributed by atoms with E-state index in [-0.39, 0.29) is 17.5 Å². The Morgan fingerprint density at radius 3 is 1.87 bits per heavy atom. The van der Waals surface area contributed by atoms with E-state index in [0.717, 1.165) is 0 Å². The molecule has 0 bridgehead atoms. The number of carboxylic acids is 2. The van der Waals surface area contributed by atoms with Gasteiger partial charge in [0.2, 0.25) is 5.54 Å². The van der Waals surface area contributed by atoms with Crippen molar-refractivity contribution in [3.63, 3.8) is 0 Å². The van der Waals surface area contributed by atoms with Crippen LogP contribution in [0.25, 0.3) is 0 Å². The SMILES string of the molecule is C[N+](C)(C)C(CCO)(CC(=O)O)C(=O)O. The van der Waals surface area contributed by atoms with Crippen molar-refractivity contribution in [1.82, 2.24) is 0 Å². The van der Waals surface area contributed by atoms with Gasteiger partial charge in [0.1, 0.15) is 6.42 Å². The highest BCUT2D eigenvalue weighted by molar-refractivity contribution is 5.83. The Hall–Kier alpha value is -1.14. The second-order valence-electron chi connectivity index (χ2n) is 4.39. The van der Waals surface area contributed by atoms with Crippen LogP contribution in [0.5, 0.6) is 0 Å². The lowest BCUT2D eigenvalue weighted by Crippen LogP contribution is -2.63. The molecule has 6 heteroatoms. The van der Waals surface area contributed by atoms with Crippen LogP contribution < -0.4 is 0 Å². The van der Waals surface area contributed by atoms with E-state index < -0.39 is 23.9 Å². The fraction of sp³-hybridized carbons (Fsp3) is 0.778. The Balaban J connectivity index is 5.27. The summed E-state index contributed by atoms with van der Waals surface area (Å²) in [5.74, 6) is -2.38. The van der Waals surface area contributed by atoms with E-state index >= 15 is 0 Å². The molecular weight excluding hydrogens is 202 g/mol. The minimum atomic E-state index is -1.49. The quantitative estimate of drug-likeness (QED) is 0.518. The highest BCUT2D eigenvalue weighted by Crippen LogP contribution is 2.27. The lowest BCUT2D eigenvalue weighted by molar-refractivity contribution is -0.914. The number of quaternary nitrogens is 1. The molecule has 0 fully saturated rings. The van der Waals surface area contributed by atoms with E-state index in [9.17, 15) is 9.59 Å². The zero-order chi connectivity index (χ0) is 12.3. The van der Waals surface area contributed by atoms with Crippen LogP contribution in [-0.2, 0) is 9.59 Å². The summed E-state index contributed by atoms with van der Waals surface area (Å²) in [7, 11) is 4.81. The van der Waals surface area contributed by atoms with Crippen LogP contribution in [-0.4, -0.2) is 65.0 Å². The van der Waals surface area contributed by atoms with Gasteiger partial charge in [-0.2, -0.15) is 0 Å². The number of carboxylic acid groups (broad SMARTS) is 2. The van der Waals surface area contributed by atoms with Crippen LogP contribution in [0.4, 0.5) is 0 Å². The van der Waals surface area contributed by atoms with Gasteiger partial charge in [-0.15, -0.1) is 0 Å². The van der Waals surface area contributed by atoms with Crippen molar-refractivity contribution in [3.05, 3.63) is 0 Å². The van der Waals surface area contributed by atoms with Gasteiger partial charge in [0.25, 0.3) is 0 Å². The van der Waals surface area contributed by atoms with Gasteiger partial charge in [0.15, 0.2) is 0 Å². The Bertz CT molecular complexity index is 258. The average Bonchev–Trinajstić information content (AvgIpc) is 1.99. The third-order valence-electron chi connectivity index (χ3n) is 2.65. The fourth-order valence-electron chi connectivity index (χ4n) is 1.57. The van der Waals surface area contributed by atoms with E-state index in [4.69, 9.17) is 15.3 Å². The standard InChI is InChI=1S/C9H17NO5/c1-10(2,3)9(4-5-11,8(14)15)6-7(12)13/h11H,4-6H2,1-3H3,(H-,12,13,14,15)/p+1. The van der Waals surface area contributed by atoms with Crippen LogP contribution in [0.3, 0.4) is 0 Å². The maximum atomic E-state index is 11.2. The average molecular weight is 220 g/mol. The smallest absolute Gasteiger partial charge is 0.366 e. The number of aliphatic carboxylic acids is 2. The molecule has 0 saturated carbocycles. The first-order valence-corrected chi connectivity index (χ1v) is 4.55. The number of nitrogens with zero attached hydrogens (tertiary/aromatic N) is 1. The monoisotopic (exact) mass is 220 g/mol. The summed E-state index contributed by atoms with van der Waals surface area (Å²) in [6, 6.07) is 0. The molecule has 0 amide bonds. The Labute approximate surface area is 88.3 Å². The van der Waals surface area contributed by atoms with Crippen LogP contribution in [0.1, 0.15) is 12.8 Å². The van der Waals surface area contributed by atoms with Crippen molar-refractivity contribution in [1.29, 1.82) is 0 Å². The molecule has 6 nitrogen and oxygen atoms in total. The first kappa shape index (κ1) is 13.9. The van der Waals surface area contributed by atoms with E-state index in [0.29, 0.717) is 0 Å². The summed E-state index contributed by atoms with van der Waals surface area (Å²) in [5, 5.41) is 26.7. The Kier molecular flexibility index (Phi) is 4.24. The molecule has 0 radical (unpaired) electrons. The van der Waals surface area contributed by atoms with Gasteiger partial charge < -0.3 is 19.8 Å². The molecule has 88 valence electrons. The fourth-order valence-corrected chi connectivity index (χ4v) is 1.57. The number of hydrogen-bond donors (Lipinski definition) is 3. The maximum Gasteiger partial charge on any atom is 0.366 e. The molecule has 0 saturated heterocycles. The van der Waals surface area contributed by atoms with E-state index in [2.05, 4.69) is 0 Å². The van der Waals surface area contributed by atoms with Crippen LogP contribution in [0.2, 0.25) is 0 Å². The molecule has 0 aromatic rings. The van der Waals surface area contributed by atoms with Crippen molar-refractivity contribution in [3.8, 4) is 0 Å². The molecule has 0 aliphatic rings. The molecule has 0 aliphatic carbocycles. The highest BCUT2D eigenvalue weighted by Gasteiger charge is 2.51. The summed E-state index contributed by atoms with van der Waals surface area (Å²) < 4.78 is -0.0464. The molecule has 0 heterocycles. The predicted molar refractivity (Wildman–Crippen MR) is 52.4 cm³/mol. The predicted octanol–water partition coefficient (Wildman–Crippen LogP) is -0.627. The van der Waals surface area contributed by atoms with Crippen molar-refractivity contribution < 1.29 is 29.4 Å². The maximum absolute atomic E-state index is 11.2. The van der Waals surface area contributed by atoms with E-state index in [1.54, 1.807) is 21.1 Å². The lowest BCUT2D eigenvalue weighted by Gasteiger charge is -2.41. The minimum absolute atomic E-state index is 0.0464. The molecule has 0 aromatic heterocycles. The van der Waals surface area contributed by atoms with E-state index in [1.165, 1.54) is 0 Å². The number of hydrogen-bond acceptors (Lipinski definition) is 3. The summed E-state index contributed by atoms with van der Waals surface area (Å²) in [5.41, 5.74) is -1.49. The van der Waals surface area contributed by atoms with Crippen molar-refractivity contribution >= 4 is 11.9 Å². The van der Waals surface area contributed by atoms with Crippen molar-refractivity contribution in [2.75, 3.05) is 27.7 Å². The van der Waals surface area contributed by atoms with Gasteiger partial charge in [-0.25, -0.2) is 4.79 Å². The van der Waals surface area contributed by atoms with Gasteiger partial charge in [0, 0.05) is 13.0 Å². The normalized spacial score (nSPS) is 15.7. The first-order valence-electron chi connectivity index (χ1n) is 4.55. The third kappa shape index (κ3) is 2.90. The Morgan fingerprint density at radius 1 is 1.20 bits per heavy atom. The minimum Gasteiger partial charge on any atom is -0.481 e. The molecular formula is C9H18NO5+. The number of carbonyl (C=O) groups is 2. The van der Waals surface area contributed by atoms with Crippen molar-refractivity contribution in [2.24, 2.45) is 0 Å². The van der Waals surface area contributed by atoms with Crippen LogP contribution in [0.15, 0.2) is 0 Å². The molecule has 3 N–H and O–H groups in total. The summed E-state index contributed by atoms with van der Waals surface area (Å²) >= 11 is 0. The second kappa shape index (κ2) is 4.59. The van der Waals surface area contributed by atoms with Crippen LogP contribution >= 0.6 is 0 Å². The summed E-state index contributed by atoms with van der Waals surface area (Å²) in [6.45, 7) is -0.352. The molecule has 1 unspecified atom stereocenters. The molecule has 0 rings (SSSR count). The van der Waals surface area contributed by atoms with Gasteiger partial charge in [-0.3, -0.25) is 4.79 Å². The number of rotatable bonds is 6. The zero-order valence-electron chi connectivity index (χ0n) is 9.23. The van der Waals surface area contributed by atoms with Gasteiger partial charge >= 0.3 is 11.9 Å². The number of likely N-dealkylation sites (N-methyl/N-ethyl adjacent to an activating group) is 1. The number of aliphatic hydroxyl groups is 1. The molecule has 15 heavy (non-hydrogen) atoms. The van der Waals surface area contributed by atoms with Gasteiger partial charge in [-0.1, -0.05) is 0 Å². The molecule has 0 aliphatic heterocycles. The molecule has 1 atom stereocenters. The van der Waals surface area contributed by atoms with Crippen LogP contribution in [0, 0.1) is 0 Å². The lowest BCUT2D eigenvalue weighted by atomic mass is 9.88. The largest absolute Gasteiger partial charge is 0.481 e. The summed E-state index contributed by atoms with van der Waals surface area (Å²) in [4.78, 5) is 21.9.